The van der Waals surface area contributed by atoms with Gasteiger partial charge in [0.05, 0.1) is 37.3 Å². The average molecular weight is 1320 g/mol. The SMILES string of the molecule is Cc1ccc(C(=O)C([S+]2CCOCC2)C(C)(C)C)cc1.Cc1ccc(C(=O)C([S+]2CCOCC2)C(C)(C)C)cc1.O=C(OCC(F)(F)S(=O)(=O)[O-])C12CC3CC(CC(C3)C1)C2.O=C(OCC(F)C(F)(F)S(=O)(=O)[O-])C12CC3CC4C5CC(CC41)CC2C5C3. The van der Waals surface area contributed by atoms with Gasteiger partial charge in [0.2, 0.25) is 17.7 Å². The van der Waals surface area contributed by atoms with Crippen molar-refractivity contribution in [3.05, 3.63) is 70.8 Å². The number of ketones is 2. The van der Waals surface area contributed by atoms with E-state index in [0.29, 0.717) is 84.6 Å². The van der Waals surface area contributed by atoms with Gasteiger partial charge in [-0.1, -0.05) is 101 Å². The van der Waals surface area contributed by atoms with Crippen molar-refractivity contribution in [2.45, 2.75) is 160 Å². The Kier molecular flexibility index (Phi) is 20.7. The van der Waals surface area contributed by atoms with Gasteiger partial charge >= 0.3 is 22.4 Å². The Hall–Kier alpha value is -3.19. The molecular weight excluding hydrogens is 1230 g/mol. The Morgan fingerprint density at radius 1 is 0.557 bits per heavy atom. The number of carbonyl (C=O) groups is 4. The van der Waals surface area contributed by atoms with Crippen LogP contribution in [0.1, 0.15) is 150 Å². The van der Waals surface area contributed by atoms with E-state index in [4.69, 9.17) is 14.2 Å². The Balaban J connectivity index is 0.000000141. The summed E-state index contributed by atoms with van der Waals surface area (Å²) < 4.78 is 150. The topological polar surface area (TPSA) is 220 Å². The lowest BCUT2D eigenvalue weighted by molar-refractivity contribution is -0.260. The van der Waals surface area contributed by atoms with Gasteiger partial charge in [-0.25, -0.2) is 21.2 Å². The molecule has 2 aromatic rings. The number of aryl methyl sites for hydroxylation is 2. The van der Waals surface area contributed by atoms with Gasteiger partial charge in [-0.15, -0.1) is 0 Å². The molecule has 11 aliphatic carbocycles. The minimum Gasteiger partial charge on any atom is -0.743 e. The summed E-state index contributed by atoms with van der Waals surface area (Å²) in [6.07, 6.45) is 7.78. The largest absolute Gasteiger partial charge is 0.743 e. The monoisotopic (exact) mass is 1320 g/mol. The minimum atomic E-state index is -6.16. The molecule has 2 aliphatic heterocycles. The second-order valence-electron chi connectivity index (χ2n) is 29.4. The van der Waals surface area contributed by atoms with E-state index in [1.165, 1.54) is 17.5 Å². The number of carbonyl (C=O) groups excluding carboxylic acids is 4. The summed E-state index contributed by atoms with van der Waals surface area (Å²) in [5.41, 5.74) is 2.64. The zero-order valence-corrected chi connectivity index (χ0v) is 55.2. The molecule has 7 atom stereocenters. The quantitative estimate of drug-likeness (QED) is 0.0532. The molecule has 0 aromatic heterocycles. The first-order valence-electron chi connectivity index (χ1n) is 31.3. The van der Waals surface area contributed by atoms with Gasteiger partial charge in [0, 0.05) is 43.7 Å². The summed E-state index contributed by atoms with van der Waals surface area (Å²) in [6, 6.07) is 16.0. The summed E-state index contributed by atoms with van der Waals surface area (Å²) in [7, 11) is -11.7. The van der Waals surface area contributed by atoms with Crippen molar-refractivity contribution in [2.75, 3.05) is 62.7 Å². The van der Waals surface area contributed by atoms with Crippen molar-refractivity contribution < 1.29 is 86.0 Å². The third kappa shape index (κ3) is 14.5. The summed E-state index contributed by atoms with van der Waals surface area (Å²) in [5, 5.41) is -9.46. The van der Waals surface area contributed by atoms with Gasteiger partial charge in [0.15, 0.2) is 37.3 Å². The molecule has 0 N–H and O–H groups in total. The zero-order valence-electron chi connectivity index (χ0n) is 51.9. The molecule has 2 heterocycles. The molecule has 2 aromatic carbocycles. The van der Waals surface area contributed by atoms with Crippen LogP contribution in [0, 0.1) is 94.7 Å². The van der Waals surface area contributed by atoms with Crippen molar-refractivity contribution in [3.8, 4) is 0 Å². The Labute approximate surface area is 522 Å². The molecule has 13 aliphatic rings. The Bertz CT molecular complexity index is 2910. The van der Waals surface area contributed by atoms with E-state index >= 15 is 0 Å². The van der Waals surface area contributed by atoms with Crippen molar-refractivity contribution in [2.24, 2.45) is 80.8 Å². The standard InChI is InChI=1S/C18H23F3O5S.2C17H25O2S.C13H18F2O5S/c19-15(18(20,21)27(23,24)25)7-26-16(22)17-6-9-2-11-10-1-8(4-13(11)17)5-14(17)12(10)3-9;2*1-13-5-7-14(8-6-13)15(18)16(17(2,3)4)20-11-9-19-10-12-20;14-13(15,21(17,18)19)7-20-11(16)12-4-8-1-9(5-12)3-10(2-8)6-12/h8-15H,1-7H2,(H,23,24,25);2*5-8,16H,9-12H2,1-4H3;8-10H,1-7H2,(H,17,18,19)/q;2*+1;/p-2. The molecule has 23 heteroatoms. The number of ether oxygens (including phenoxy) is 4. The zero-order chi connectivity index (χ0) is 64.3. The van der Waals surface area contributed by atoms with E-state index in [2.05, 4.69) is 60.1 Å². The highest BCUT2D eigenvalue weighted by Crippen LogP contribution is 2.76. The van der Waals surface area contributed by atoms with Crippen LogP contribution >= 0.6 is 0 Å². The van der Waals surface area contributed by atoms with Crippen molar-refractivity contribution in [3.63, 3.8) is 0 Å². The molecule has 0 spiro atoms. The van der Waals surface area contributed by atoms with Gasteiger partial charge in [0.25, 0.3) is 0 Å². The molecule has 2 saturated heterocycles. The summed E-state index contributed by atoms with van der Waals surface area (Å²) >= 11 is 0. The van der Waals surface area contributed by atoms with Crippen LogP contribution in [0.3, 0.4) is 0 Å². The van der Waals surface area contributed by atoms with Crippen LogP contribution in [-0.4, -0.2) is 139 Å². The van der Waals surface area contributed by atoms with Crippen LogP contribution < -0.4 is 0 Å². The summed E-state index contributed by atoms with van der Waals surface area (Å²) in [6.45, 7) is 17.4. The van der Waals surface area contributed by atoms with Crippen LogP contribution in [0.5, 0.6) is 0 Å². The number of alkyl halides is 5. The predicted octanol–water partition coefficient (Wildman–Crippen LogP) is 11.1. The van der Waals surface area contributed by atoms with Gasteiger partial charge in [-0.05, 0) is 150 Å². The maximum absolute atomic E-state index is 13.8. The molecule has 13 fully saturated rings. The highest BCUT2D eigenvalue weighted by atomic mass is 32.2. The Morgan fingerprint density at radius 2 is 0.943 bits per heavy atom. The van der Waals surface area contributed by atoms with Gasteiger partial charge in [-0.3, -0.25) is 19.2 Å². The first-order chi connectivity index (χ1) is 41.0. The number of Topliss-reactive ketones (excluding diaryl/α,β-unsaturated/α-hetero) is 2. The summed E-state index contributed by atoms with van der Waals surface area (Å²) in [4.78, 5) is 51.2. The molecule has 492 valence electrons. The second kappa shape index (κ2) is 26.3. The number of hydrogen-bond acceptors (Lipinski definition) is 14. The average Bonchev–Trinajstić information content (AvgIpc) is 0.676. The Morgan fingerprint density at radius 3 is 1.32 bits per heavy atom. The maximum Gasteiger partial charge on any atom is 0.368 e. The fourth-order valence-electron chi connectivity index (χ4n) is 18.0. The van der Waals surface area contributed by atoms with E-state index in [1.807, 2.05) is 48.5 Å². The molecule has 7 unspecified atom stereocenters. The molecular formula is C65H89F5O14S4. The number of hydrogen-bond donors (Lipinski definition) is 0. The molecule has 0 radical (unpaired) electrons. The maximum atomic E-state index is 13.8. The van der Waals surface area contributed by atoms with Crippen LogP contribution in [0.25, 0.3) is 0 Å². The fraction of sp³-hybridized carbons (Fsp3) is 0.754. The molecule has 12 bridgehead atoms. The lowest BCUT2D eigenvalue weighted by Crippen LogP contribution is -2.70. The van der Waals surface area contributed by atoms with E-state index in [-0.39, 0.29) is 55.0 Å². The highest BCUT2D eigenvalue weighted by Gasteiger charge is 2.73. The van der Waals surface area contributed by atoms with Crippen LogP contribution in [-0.2, 0) is 70.6 Å². The lowest BCUT2D eigenvalue weighted by Gasteiger charge is -2.73. The van der Waals surface area contributed by atoms with Crippen LogP contribution in [0.4, 0.5) is 22.0 Å². The number of benzene rings is 2. The summed E-state index contributed by atoms with van der Waals surface area (Å²) in [5.74, 6) is 7.57. The fourth-order valence-corrected chi connectivity index (χ4v) is 24.1. The van der Waals surface area contributed by atoms with Gasteiger partial charge < -0.3 is 28.1 Å². The second-order valence-corrected chi connectivity index (χ2v) is 37.1. The van der Waals surface area contributed by atoms with Gasteiger partial charge in [0.1, 0.15) is 29.6 Å². The van der Waals surface area contributed by atoms with E-state index < -0.39 is 72.9 Å². The van der Waals surface area contributed by atoms with Crippen molar-refractivity contribution >= 4 is 65.5 Å². The van der Waals surface area contributed by atoms with Crippen molar-refractivity contribution in [1.29, 1.82) is 0 Å². The molecule has 0 amide bonds. The van der Waals surface area contributed by atoms with E-state index in [0.717, 1.165) is 106 Å². The molecule has 14 nitrogen and oxygen atoms in total. The van der Waals surface area contributed by atoms with E-state index in [9.17, 15) is 67.1 Å². The van der Waals surface area contributed by atoms with Crippen LogP contribution in [0.2, 0.25) is 0 Å². The molecule has 88 heavy (non-hydrogen) atoms. The number of halogens is 5. The van der Waals surface area contributed by atoms with Gasteiger partial charge in [-0.2, -0.15) is 17.6 Å². The van der Waals surface area contributed by atoms with Crippen LogP contribution in [0.15, 0.2) is 48.5 Å². The molecule has 11 saturated carbocycles. The van der Waals surface area contributed by atoms with E-state index in [1.54, 1.807) is 0 Å². The van der Waals surface area contributed by atoms with Crippen molar-refractivity contribution in [1.82, 2.24) is 0 Å². The first kappa shape index (κ1) is 69.2. The lowest BCUT2D eigenvalue weighted by atomic mass is 9.31. The molecule has 15 rings (SSSR count). The smallest absolute Gasteiger partial charge is 0.368 e. The predicted molar refractivity (Wildman–Crippen MR) is 325 cm³/mol. The number of rotatable bonds is 15. The first-order valence-corrected chi connectivity index (χ1v) is 37.4. The highest BCUT2D eigenvalue weighted by molar-refractivity contribution is 7.98. The minimum absolute atomic E-state index is 0.00240. The normalized spacial score (nSPS) is 32.5. The third-order valence-electron chi connectivity index (χ3n) is 21.1. The third-order valence-corrected chi connectivity index (χ3v) is 28.8. The number of esters is 2.